The SMILES string of the molecule is CCOC(=O)C[C@@H](OC(=O)c1ccc(NC(N)=O)cc1)c1cccc(Br)c1. The minimum Gasteiger partial charge on any atom is -0.466 e. The lowest BCUT2D eigenvalue weighted by molar-refractivity contribution is -0.145. The monoisotopic (exact) mass is 434 g/mol. The van der Waals surface area contributed by atoms with Gasteiger partial charge in [-0.05, 0) is 48.9 Å². The summed E-state index contributed by atoms with van der Waals surface area (Å²) in [5.41, 5.74) is 6.44. The van der Waals surface area contributed by atoms with Crippen LogP contribution in [0.3, 0.4) is 0 Å². The first-order valence-electron chi connectivity index (χ1n) is 8.17. The Hall–Kier alpha value is -2.87. The Kier molecular flexibility index (Phi) is 7.36. The van der Waals surface area contributed by atoms with Gasteiger partial charge in [0, 0.05) is 10.2 Å². The minimum atomic E-state index is -0.794. The molecule has 0 aliphatic carbocycles. The third-order valence-corrected chi connectivity index (χ3v) is 4.01. The van der Waals surface area contributed by atoms with Gasteiger partial charge >= 0.3 is 18.0 Å². The number of nitrogens with two attached hydrogens (primary N) is 1. The summed E-state index contributed by atoms with van der Waals surface area (Å²) in [4.78, 5) is 35.2. The number of halogens is 1. The van der Waals surface area contributed by atoms with Gasteiger partial charge < -0.3 is 20.5 Å². The fourth-order valence-electron chi connectivity index (χ4n) is 2.33. The van der Waals surface area contributed by atoms with Gasteiger partial charge in [-0.2, -0.15) is 0 Å². The number of esters is 2. The van der Waals surface area contributed by atoms with Gasteiger partial charge in [0.1, 0.15) is 6.10 Å². The Morgan fingerprint density at radius 1 is 1.15 bits per heavy atom. The molecule has 142 valence electrons. The molecule has 2 rings (SSSR count). The summed E-state index contributed by atoms with van der Waals surface area (Å²) in [5, 5.41) is 2.40. The van der Waals surface area contributed by atoms with Crippen LogP contribution in [0.1, 0.15) is 35.4 Å². The van der Waals surface area contributed by atoms with Gasteiger partial charge in [-0.3, -0.25) is 4.79 Å². The second-order valence-electron chi connectivity index (χ2n) is 5.52. The number of rotatable bonds is 7. The Morgan fingerprint density at radius 2 is 1.85 bits per heavy atom. The molecule has 0 bridgehead atoms. The molecule has 0 saturated carbocycles. The maximum atomic E-state index is 12.5. The fraction of sp³-hybridized carbons (Fsp3) is 0.211. The van der Waals surface area contributed by atoms with E-state index in [0.29, 0.717) is 11.3 Å². The van der Waals surface area contributed by atoms with Crippen LogP contribution in [0.15, 0.2) is 53.0 Å². The van der Waals surface area contributed by atoms with Gasteiger partial charge in [-0.1, -0.05) is 28.1 Å². The highest BCUT2D eigenvalue weighted by Gasteiger charge is 2.22. The molecule has 8 heteroatoms. The standard InChI is InChI=1S/C19H19BrN2O5/c1-2-26-17(23)11-16(13-4-3-5-14(20)10-13)27-18(24)12-6-8-15(9-7-12)22-19(21)25/h3-10,16H,2,11H2,1H3,(H3,21,22,25)/t16-/m1/s1. The highest BCUT2D eigenvalue weighted by atomic mass is 79.9. The molecule has 0 heterocycles. The fourth-order valence-corrected chi connectivity index (χ4v) is 2.75. The minimum absolute atomic E-state index is 0.0999. The van der Waals surface area contributed by atoms with Crippen molar-refractivity contribution in [2.75, 3.05) is 11.9 Å². The van der Waals surface area contributed by atoms with Crippen LogP contribution in [-0.4, -0.2) is 24.6 Å². The average Bonchev–Trinajstić information content (AvgIpc) is 2.61. The quantitative estimate of drug-likeness (QED) is 0.644. The summed E-state index contributed by atoms with van der Waals surface area (Å²) in [6, 6.07) is 12.5. The number of benzene rings is 2. The number of primary amides is 1. The molecule has 2 amide bonds. The van der Waals surface area contributed by atoms with Gasteiger partial charge in [0.2, 0.25) is 0 Å². The molecule has 0 radical (unpaired) electrons. The maximum absolute atomic E-state index is 12.5. The van der Waals surface area contributed by atoms with Crippen molar-refractivity contribution < 1.29 is 23.9 Å². The maximum Gasteiger partial charge on any atom is 0.338 e. The van der Waals surface area contributed by atoms with E-state index in [9.17, 15) is 14.4 Å². The second kappa shape index (κ2) is 9.72. The Bertz CT molecular complexity index is 823. The molecule has 2 aromatic rings. The average molecular weight is 435 g/mol. The summed E-state index contributed by atoms with van der Waals surface area (Å²) >= 11 is 3.36. The number of carbonyl (C=O) groups is 3. The van der Waals surface area contributed by atoms with Gasteiger partial charge in [0.25, 0.3) is 0 Å². The van der Waals surface area contributed by atoms with E-state index in [1.165, 1.54) is 24.3 Å². The molecular formula is C19H19BrN2O5. The topological polar surface area (TPSA) is 108 Å². The molecule has 0 fully saturated rings. The van der Waals surface area contributed by atoms with Crippen LogP contribution in [0.5, 0.6) is 0 Å². The van der Waals surface area contributed by atoms with E-state index in [1.807, 2.05) is 6.07 Å². The molecule has 0 aliphatic rings. The van der Waals surface area contributed by atoms with Gasteiger partial charge in [0.05, 0.1) is 18.6 Å². The molecule has 0 unspecified atom stereocenters. The first kappa shape index (κ1) is 20.4. The van der Waals surface area contributed by atoms with Crippen molar-refractivity contribution in [2.24, 2.45) is 5.73 Å². The zero-order chi connectivity index (χ0) is 19.8. The van der Waals surface area contributed by atoms with E-state index in [2.05, 4.69) is 21.2 Å². The smallest absolute Gasteiger partial charge is 0.338 e. The third kappa shape index (κ3) is 6.41. The molecule has 27 heavy (non-hydrogen) atoms. The van der Waals surface area contributed by atoms with E-state index in [1.54, 1.807) is 25.1 Å². The number of hydrogen-bond donors (Lipinski definition) is 2. The van der Waals surface area contributed by atoms with E-state index in [4.69, 9.17) is 15.2 Å². The van der Waals surface area contributed by atoms with Crippen molar-refractivity contribution in [3.05, 3.63) is 64.1 Å². The number of urea groups is 1. The van der Waals surface area contributed by atoms with Crippen LogP contribution >= 0.6 is 15.9 Å². The number of nitrogens with one attached hydrogen (secondary N) is 1. The summed E-state index contributed by atoms with van der Waals surface area (Å²) in [5.74, 6) is -1.06. The second-order valence-corrected chi connectivity index (χ2v) is 6.44. The molecule has 7 nitrogen and oxygen atoms in total. The largest absolute Gasteiger partial charge is 0.466 e. The summed E-state index contributed by atoms with van der Waals surface area (Å²) in [6.45, 7) is 1.95. The third-order valence-electron chi connectivity index (χ3n) is 3.52. The molecule has 0 aromatic heterocycles. The summed E-state index contributed by atoms with van der Waals surface area (Å²) in [7, 11) is 0. The van der Waals surface area contributed by atoms with Crippen LogP contribution in [0.2, 0.25) is 0 Å². The first-order valence-corrected chi connectivity index (χ1v) is 8.97. The van der Waals surface area contributed by atoms with Crippen molar-refractivity contribution in [1.29, 1.82) is 0 Å². The first-order chi connectivity index (χ1) is 12.9. The molecular weight excluding hydrogens is 416 g/mol. The molecule has 0 saturated heterocycles. The zero-order valence-electron chi connectivity index (χ0n) is 14.6. The number of ether oxygens (including phenoxy) is 2. The van der Waals surface area contributed by atoms with E-state index in [0.717, 1.165) is 4.47 Å². The van der Waals surface area contributed by atoms with Crippen molar-refractivity contribution in [2.45, 2.75) is 19.4 Å². The lowest BCUT2D eigenvalue weighted by Gasteiger charge is -2.18. The zero-order valence-corrected chi connectivity index (χ0v) is 16.2. The van der Waals surface area contributed by atoms with Crippen molar-refractivity contribution >= 4 is 39.6 Å². The predicted octanol–water partition coefficient (Wildman–Crippen LogP) is 3.79. The Balaban J connectivity index is 2.16. The number of amides is 2. The van der Waals surface area contributed by atoms with E-state index in [-0.39, 0.29) is 18.6 Å². The van der Waals surface area contributed by atoms with E-state index >= 15 is 0 Å². The van der Waals surface area contributed by atoms with Crippen molar-refractivity contribution in [3.8, 4) is 0 Å². The number of anilines is 1. The predicted molar refractivity (Wildman–Crippen MR) is 103 cm³/mol. The van der Waals surface area contributed by atoms with Crippen LogP contribution in [0.4, 0.5) is 10.5 Å². The highest BCUT2D eigenvalue weighted by molar-refractivity contribution is 9.10. The molecule has 3 N–H and O–H groups in total. The summed E-state index contributed by atoms with van der Waals surface area (Å²) in [6.07, 6.45) is -0.894. The van der Waals surface area contributed by atoms with E-state index < -0.39 is 24.1 Å². The van der Waals surface area contributed by atoms with Crippen LogP contribution in [-0.2, 0) is 14.3 Å². The molecule has 0 aliphatic heterocycles. The Labute approximate surface area is 165 Å². The van der Waals surface area contributed by atoms with Gasteiger partial charge in [0.15, 0.2) is 0 Å². The molecule has 1 atom stereocenters. The number of carbonyl (C=O) groups excluding carboxylic acids is 3. The highest BCUT2D eigenvalue weighted by Crippen LogP contribution is 2.26. The van der Waals surface area contributed by atoms with Crippen LogP contribution in [0, 0.1) is 0 Å². The lowest BCUT2D eigenvalue weighted by Crippen LogP contribution is -2.19. The number of hydrogen-bond acceptors (Lipinski definition) is 5. The van der Waals surface area contributed by atoms with Crippen molar-refractivity contribution in [1.82, 2.24) is 0 Å². The molecule has 2 aromatic carbocycles. The summed E-state index contributed by atoms with van der Waals surface area (Å²) < 4.78 is 11.3. The van der Waals surface area contributed by atoms with Gasteiger partial charge in [-0.25, -0.2) is 9.59 Å². The van der Waals surface area contributed by atoms with Crippen LogP contribution < -0.4 is 11.1 Å². The van der Waals surface area contributed by atoms with Crippen molar-refractivity contribution in [3.63, 3.8) is 0 Å². The molecule has 0 spiro atoms. The van der Waals surface area contributed by atoms with Gasteiger partial charge in [-0.15, -0.1) is 0 Å². The lowest BCUT2D eigenvalue weighted by atomic mass is 10.1. The normalized spacial score (nSPS) is 11.3. The van der Waals surface area contributed by atoms with Crippen LogP contribution in [0.25, 0.3) is 0 Å². The Morgan fingerprint density at radius 3 is 2.44 bits per heavy atom.